The Bertz CT molecular complexity index is 659. The van der Waals surface area contributed by atoms with Gasteiger partial charge in [0, 0.05) is 6.07 Å². The van der Waals surface area contributed by atoms with Crippen molar-refractivity contribution in [3.8, 4) is 11.5 Å². The van der Waals surface area contributed by atoms with E-state index in [2.05, 4.69) is 4.74 Å². The van der Waals surface area contributed by atoms with Crippen molar-refractivity contribution in [2.45, 2.75) is 13.2 Å². The minimum Gasteiger partial charge on any atom is -0.486 e. The molecular weight excluding hydrogens is 301 g/mol. The summed E-state index contributed by atoms with van der Waals surface area (Å²) >= 11 is 0. The van der Waals surface area contributed by atoms with E-state index in [0.717, 1.165) is 6.07 Å². The fourth-order valence-corrected chi connectivity index (χ4v) is 1.74. The van der Waals surface area contributed by atoms with Crippen LogP contribution in [0.5, 0.6) is 11.5 Å². The molecule has 0 saturated heterocycles. The lowest BCUT2D eigenvalue weighted by molar-refractivity contribution is -0.0501. The SMILES string of the molecule is O=C(O)c1cc(OC(F)F)cc(OCc2ccccc2)c1F. The maximum atomic E-state index is 14.0. The highest BCUT2D eigenvalue weighted by Crippen LogP contribution is 2.29. The van der Waals surface area contributed by atoms with Crippen molar-refractivity contribution in [2.24, 2.45) is 0 Å². The summed E-state index contributed by atoms with van der Waals surface area (Å²) in [5, 5.41) is 8.90. The molecule has 0 unspecified atom stereocenters. The molecular formula is C15H11F3O4. The van der Waals surface area contributed by atoms with Crippen LogP contribution in [0.3, 0.4) is 0 Å². The summed E-state index contributed by atoms with van der Waals surface area (Å²) < 4.78 is 47.7. The van der Waals surface area contributed by atoms with Crippen molar-refractivity contribution >= 4 is 5.97 Å². The van der Waals surface area contributed by atoms with Crippen LogP contribution in [0.25, 0.3) is 0 Å². The van der Waals surface area contributed by atoms with E-state index in [1.165, 1.54) is 0 Å². The molecule has 2 aromatic carbocycles. The third kappa shape index (κ3) is 3.91. The van der Waals surface area contributed by atoms with Crippen LogP contribution in [-0.2, 0) is 6.61 Å². The van der Waals surface area contributed by atoms with E-state index in [9.17, 15) is 18.0 Å². The molecule has 0 spiro atoms. The second kappa shape index (κ2) is 6.84. The molecule has 0 aliphatic rings. The van der Waals surface area contributed by atoms with Gasteiger partial charge < -0.3 is 14.6 Å². The Labute approximate surface area is 123 Å². The fraction of sp³-hybridized carbons (Fsp3) is 0.133. The first kappa shape index (κ1) is 15.7. The van der Waals surface area contributed by atoms with Crippen molar-refractivity contribution in [1.82, 2.24) is 0 Å². The van der Waals surface area contributed by atoms with Gasteiger partial charge in [-0.3, -0.25) is 0 Å². The van der Waals surface area contributed by atoms with Gasteiger partial charge in [-0.1, -0.05) is 30.3 Å². The Hall–Kier alpha value is -2.70. The van der Waals surface area contributed by atoms with Crippen molar-refractivity contribution in [3.05, 3.63) is 59.4 Å². The van der Waals surface area contributed by atoms with Crippen molar-refractivity contribution in [1.29, 1.82) is 0 Å². The van der Waals surface area contributed by atoms with E-state index in [1.54, 1.807) is 30.3 Å². The molecule has 116 valence electrons. The van der Waals surface area contributed by atoms with Crippen molar-refractivity contribution in [3.63, 3.8) is 0 Å². The van der Waals surface area contributed by atoms with Crippen LogP contribution in [0.4, 0.5) is 13.2 Å². The number of halogens is 3. The number of carboxylic acids is 1. The molecule has 2 aromatic rings. The Morgan fingerprint density at radius 3 is 2.45 bits per heavy atom. The summed E-state index contributed by atoms with van der Waals surface area (Å²) in [7, 11) is 0. The lowest BCUT2D eigenvalue weighted by Gasteiger charge is -2.12. The first-order chi connectivity index (χ1) is 10.5. The molecule has 1 N–H and O–H groups in total. The Kier molecular flexibility index (Phi) is 4.88. The topological polar surface area (TPSA) is 55.8 Å². The monoisotopic (exact) mass is 312 g/mol. The largest absolute Gasteiger partial charge is 0.486 e. The van der Waals surface area contributed by atoms with Gasteiger partial charge in [-0.15, -0.1) is 0 Å². The first-order valence-electron chi connectivity index (χ1n) is 6.15. The van der Waals surface area contributed by atoms with Gasteiger partial charge in [0.05, 0.1) is 0 Å². The zero-order chi connectivity index (χ0) is 16.1. The average Bonchev–Trinajstić information content (AvgIpc) is 2.47. The molecule has 2 rings (SSSR count). The van der Waals surface area contributed by atoms with Crippen LogP contribution in [-0.4, -0.2) is 17.7 Å². The molecule has 0 aromatic heterocycles. The van der Waals surface area contributed by atoms with Gasteiger partial charge in [-0.05, 0) is 11.6 Å². The van der Waals surface area contributed by atoms with E-state index in [-0.39, 0.29) is 6.61 Å². The smallest absolute Gasteiger partial charge is 0.387 e. The van der Waals surface area contributed by atoms with Crippen LogP contribution in [0.1, 0.15) is 15.9 Å². The average molecular weight is 312 g/mol. The summed E-state index contributed by atoms with van der Waals surface area (Å²) in [5.41, 5.74) is -0.0971. The number of aromatic carboxylic acids is 1. The quantitative estimate of drug-likeness (QED) is 0.883. The molecule has 0 aliphatic heterocycles. The summed E-state index contributed by atoms with van der Waals surface area (Å²) in [6.45, 7) is -3.20. The number of carboxylic acid groups (broad SMARTS) is 1. The Morgan fingerprint density at radius 1 is 1.18 bits per heavy atom. The highest BCUT2D eigenvalue weighted by Gasteiger charge is 2.19. The molecule has 0 bridgehead atoms. The number of hydrogen-bond acceptors (Lipinski definition) is 3. The van der Waals surface area contributed by atoms with Crippen LogP contribution < -0.4 is 9.47 Å². The normalized spacial score (nSPS) is 10.5. The predicted octanol–water partition coefficient (Wildman–Crippen LogP) is 3.70. The number of carbonyl (C=O) groups is 1. The summed E-state index contributed by atoms with van der Waals surface area (Å²) in [6.07, 6.45) is 0. The number of alkyl halides is 2. The van der Waals surface area contributed by atoms with Crippen LogP contribution in [0.15, 0.2) is 42.5 Å². The zero-order valence-corrected chi connectivity index (χ0v) is 11.1. The van der Waals surface area contributed by atoms with E-state index in [0.29, 0.717) is 11.6 Å². The second-order valence-corrected chi connectivity index (χ2v) is 4.24. The van der Waals surface area contributed by atoms with Crippen LogP contribution in [0.2, 0.25) is 0 Å². The molecule has 0 heterocycles. The van der Waals surface area contributed by atoms with Gasteiger partial charge in [0.15, 0.2) is 11.6 Å². The van der Waals surface area contributed by atoms with Crippen molar-refractivity contribution in [2.75, 3.05) is 0 Å². The van der Waals surface area contributed by atoms with Gasteiger partial charge in [-0.2, -0.15) is 8.78 Å². The van der Waals surface area contributed by atoms with Crippen LogP contribution >= 0.6 is 0 Å². The molecule has 4 nitrogen and oxygen atoms in total. The summed E-state index contributed by atoms with van der Waals surface area (Å²) in [5.74, 6) is -3.72. The Morgan fingerprint density at radius 2 is 1.86 bits per heavy atom. The van der Waals surface area contributed by atoms with Crippen LogP contribution in [0, 0.1) is 5.82 Å². The highest BCUT2D eigenvalue weighted by molar-refractivity contribution is 5.89. The second-order valence-electron chi connectivity index (χ2n) is 4.24. The molecule has 0 amide bonds. The maximum Gasteiger partial charge on any atom is 0.387 e. The maximum absolute atomic E-state index is 14.0. The molecule has 0 atom stereocenters. The fourth-order valence-electron chi connectivity index (χ4n) is 1.74. The molecule has 7 heteroatoms. The third-order valence-electron chi connectivity index (χ3n) is 2.71. The highest BCUT2D eigenvalue weighted by atomic mass is 19.3. The lowest BCUT2D eigenvalue weighted by atomic mass is 10.2. The summed E-state index contributed by atoms with van der Waals surface area (Å²) in [6, 6.07) is 10.3. The van der Waals surface area contributed by atoms with Gasteiger partial charge in [0.25, 0.3) is 0 Å². The summed E-state index contributed by atoms with van der Waals surface area (Å²) in [4.78, 5) is 10.9. The van der Waals surface area contributed by atoms with Gasteiger partial charge >= 0.3 is 12.6 Å². The number of hydrogen-bond donors (Lipinski definition) is 1. The Balaban J connectivity index is 2.28. The van der Waals surface area contributed by atoms with Crippen molar-refractivity contribution < 1.29 is 32.5 Å². The number of benzene rings is 2. The minimum absolute atomic E-state index is 0.0467. The standard InChI is InChI=1S/C15H11F3O4/c16-13-11(14(19)20)6-10(22-15(17)18)7-12(13)21-8-9-4-2-1-3-5-9/h1-7,15H,8H2,(H,19,20). The minimum atomic E-state index is -3.16. The van der Waals surface area contributed by atoms with Gasteiger partial charge in [0.2, 0.25) is 0 Å². The predicted molar refractivity (Wildman–Crippen MR) is 70.8 cm³/mol. The third-order valence-corrected chi connectivity index (χ3v) is 2.71. The van der Waals surface area contributed by atoms with E-state index in [4.69, 9.17) is 9.84 Å². The number of rotatable bonds is 6. The van der Waals surface area contributed by atoms with Gasteiger partial charge in [-0.25, -0.2) is 9.18 Å². The molecule has 0 aliphatic carbocycles. The molecule has 0 saturated carbocycles. The van der Waals surface area contributed by atoms with E-state index >= 15 is 0 Å². The molecule has 22 heavy (non-hydrogen) atoms. The zero-order valence-electron chi connectivity index (χ0n) is 11.1. The lowest BCUT2D eigenvalue weighted by Crippen LogP contribution is -2.08. The molecule has 0 radical (unpaired) electrons. The van der Waals surface area contributed by atoms with E-state index in [1.807, 2.05) is 0 Å². The van der Waals surface area contributed by atoms with Gasteiger partial charge in [0.1, 0.15) is 17.9 Å². The number of ether oxygens (including phenoxy) is 2. The first-order valence-corrected chi connectivity index (χ1v) is 6.15. The molecule has 0 fully saturated rings. The van der Waals surface area contributed by atoms with E-state index < -0.39 is 35.5 Å².